The minimum Gasteiger partial charge on any atom is -0.390 e. The van der Waals surface area contributed by atoms with E-state index in [9.17, 15) is 0 Å². The third kappa shape index (κ3) is 1.91. The van der Waals surface area contributed by atoms with E-state index in [1.165, 1.54) is 0 Å². The summed E-state index contributed by atoms with van der Waals surface area (Å²) in [5, 5.41) is 9.70. The fraction of sp³-hybridized carbons (Fsp3) is 0.300. The van der Waals surface area contributed by atoms with Crippen LogP contribution in [0.15, 0.2) is 24.5 Å². The topological polar surface area (TPSA) is 43.0 Å². The second kappa shape index (κ2) is 4.08. The fourth-order valence-corrected chi connectivity index (χ4v) is 1.62. The highest BCUT2D eigenvalue weighted by Crippen LogP contribution is 2.11. The summed E-state index contributed by atoms with van der Waals surface area (Å²) in [6.45, 7) is 0.650. The van der Waals surface area contributed by atoms with Crippen molar-refractivity contribution in [3.63, 3.8) is 0 Å². The van der Waals surface area contributed by atoms with Gasteiger partial charge in [0.2, 0.25) is 0 Å². The van der Waals surface area contributed by atoms with Crippen LogP contribution in [0.2, 0.25) is 5.15 Å². The number of aliphatic hydroxyl groups excluding tert-OH is 1. The second-order valence-corrected chi connectivity index (χ2v) is 3.73. The molecule has 0 aromatic carbocycles. The smallest absolute Gasteiger partial charge is 0.129 e. The van der Waals surface area contributed by atoms with E-state index < -0.39 is 0 Å². The molecule has 2 aromatic rings. The molecule has 0 bridgehead atoms. The zero-order valence-electron chi connectivity index (χ0n) is 8.39. The number of halogens is 1. The molecule has 0 atom stereocenters. The lowest BCUT2D eigenvalue weighted by Gasteiger charge is -2.07. The van der Waals surface area contributed by atoms with Crippen LogP contribution in [0, 0.1) is 0 Å². The maximum absolute atomic E-state index is 9.09. The van der Waals surface area contributed by atoms with E-state index in [4.69, 9.17) is 16.7 Å². The summed E-state index contributed by atoms with van der Waals surface area (Å²) in [5.41, 5.74) is 0.870. The van der Waals surface area contributed by atoms with Crippen LogP contribution in [0.5, 0.6) is 0 Å². The molecule has 0 saturated carbocycles. The maximum Gasteiger partial charge on any atom is 0.129 e. The van der Waals surface area contributed by atoms with Gasteiger partial charge in [0, 0.05) is 18.9 Å². The van der Waals surface area contributed by atoms with Gasteiger partial charge in [0.25, 0.3) is 0 Å². The van der Waals surface area contributed by atoms with Gasteiger partial charge in [0.15, 0.2) is 0 Å². The van der Waals surface area contributed by atoms with E-state index in [0.29, 0.717) is 11.7 Å². The number of imidazole rings is 1. The van der Waals surface area contributed by atoms with Crippen molar-refractivity contribution in [2.45, 2.75) is 13.2 Å². The second-order valence-electron chi connectivity index (χ2n) is 3.34. The number of rotatable bonds is 3. The molecular formula is C10H12ClN3O. The third-order valence-electron chi connectivity index (χ3n) is 2.42. The van der Waals surface area contributed by atoms with Gasteiger partial charge in [-0.3, -0.25) is 0 Å². The van der Waals surface area contributed by atoms with Gasteiger partial charge in [-0.15, -0.1) is 0 Å². The number of aliphatic hydroxyl groups is 1. The predicted octanol–water partition coefficient (Wildman–Crippen LogP) is 1.42. The number of hydrogen-bond acceptors (Lipinski definition) is 2. The molecule has 80 valence electrons. The molecule has 2 aromatic heterocycles. The molecule has 15 heavy (non-hydrogen) atoms. The summed E-state index contributed by atoms with van der Waals surface area (Å²) in [5.74, 6) is 0.867. The summed E-state index contributed by atoms with van der Waals surface area (Å²) >= 11 is 5.89. The van der Waals surface area contributed by atoms with Crippen molar-refractivity contribution in [3.8, 4) is 0 Å². The average molecular weight is 226 g/mol. The first-order chi connectivity index (χ1) is 7.22. The molecule has 0 aliphatic carbocycles. The van der Waals surface area contributed by atoms with E-state index in [1.807, 2.05) is 34.5 Å². The van der Waals surface area contributed by atoms with Crippen molar-refractivity contribution in [3.05, 3.63) is 41.2 Å². The van der Waals surface area contributed by atoms with E-state index in [-0.39, 0.29) is 6.61 Å². The Bertz CT molecular complexity index is 461. The molecule has 0 fully saturated rings. The highest BCUT2D eigenvalue weighted by molar-refractivity contribution is 6.29. The molecule has 0 amide bonds. The molecule has 5 heteroatoms. The average Bonchev–Trinajstić information content (AvgIpc) is 2.80. The normalized spacial score (nSPS) is 10.9. The number of hydrogen-bond donors (Lipinski definition) is 1. The Morgan fingerprint density at radius 3 is 2.93 bits per heavy atom. The van der Waals surface area contributed by atoms with Crippen LogP contribution in [0.4, 0.5) is 0 Å². The molecule has 0 spiro atoms. The maximum atomic E-state index is 9.09. The van der Waals surface area contributed by atoms with Gasteiger partial charge in [-0.25, -0.2) is 4.98 Å². The molecular weight excluding hydrogens is 214 g/mol. The fourth-order valence-electron chi connectivity index (χ4n) is 1.47. The third-order valence-corrected chi connectivity index (χ3v) is 2.78. The van der Waals surface area contributed by atoms with Crippen molar-refractivity contribution < 1.29 is 5.11 Å². The molecule has 0 aliphatic rings. The van der Waals surface area contributed by atoms with Crippen LogP contribution >= 0.6 is 11.6 Å². The first-order valence-electron chi connectivity index (χ1n) is 4.63. The van der Waals surface area contributed by atoms with Crippen molar-refractivity contribution >= 4 is 11.6 Å². The van der Waals surface area contributed by atoms with Gasteiger partial charge in [-0.05, 0) is 12.1 Å². The zero-order chi connectivity index (χ0) is 10.8. The SMILES string of the molecule is Cn1c(Cl)cnc1Cn1cccc1CO. The summed E-state index contributed by atoms with van der Waals surface area (Å²) in [6.07, 6.45) is 3.53. The first kappa shape index (κ1) is 10.3. The molecule has 0 unspecified atom stereocenters. The summed E-state index contributed by atoms with van der Waals surface area (Å²) in [7, 11) is 1.87. The Labute approximate surface area is 92.7 Å². The van der Waals surface area contributed by atoms with E-state index in [0.717, 1.165) is 11.5 Å². The summed E-state index contributed by atoms with van der Waals surface area (Å²) in [6, 6.07) is 3.78. The van der Waals surface area contributed by atoms with Crippen LogP contribution in [0.25, 0.3) is 0 Å². The van der Waals surface area contributed by atoms with Crippen molar-refractivity contribution in [1.82, 2.24) is 14.1 Å². The van der Waals surface area contributed by atoms with Gasteiger partial charge >= 0.3 is 0 Å². The highest BCUT2D eigenvalue weighted by atomic mass is 35.5. The molecule has 4 nitrogen and oxygen atoms in total. The van der Waals surface area contributed by atoms with Crippen LogP contribution < -0.4 is 0 Å². The number of aromatic nitrogens is 3. The van der Waals surface area contributed by atoms with Crippen LogP contribution in [-0.2, 0) is 20.2 Å². The molecule has 2 heterocycles. The molecule has 0 aliphatic heterocycles. The Hall–Kier alpha value is -1.26. The van der Waals surface area contributed by atoms with Gasteiger partial charge in [0.05, 0.1) is 19.3 Å². The standard InChI is InChI=1S/C10H12ClN3O/c1-13-9(11)5-12-10(13)6-14-4-2-3-8(14)7-15/h2-5,15H,6-7H2,1H3. The Morgan fingerprint density at radius 2 is 2.33 bits per heavy atom. The lowest BCUT2D eigenvalue weighted by molar-refractivity contribution is 0.271. The number of nitrogens with zero attached hydrogens (tertiary/aromatic N) is 3. The quantitative estimate of drug-likeness (QED) is 0.859. The van der Waals surface area contributed by atoms with Crippen LogP contribution in [-0.4, -0.2) is 19.2 Å². The van der Waals surface area contributed by atoms with Crippen LogP contribution in [0.1, 0.15) is 11.5 Å². The van der Waals surface area contributed by atoms with Gasteiger partial charge in [-0.1, -0.05) is 11.6 Å². The summed E-state index contributed by atoms with van der Waals surface area (Å²) < 4.78 is 3.77. The van der Waals surface area contributed by atoms with Gasteiger partial charge < -0.3 is 14.2 Å². The van der Waals surface area contributed by atoms with E-state index in [1.54, 1.807) is 6.20 Å². The van der Waals surface area contributed by atoms with E-state index in [2.05, 4.69) is 4.98 Å². The Balaban J connectivity index is 2.25. The predicted molar refractivity (Wildman–Crippen MR) is 57.7 cm³/mol. The lowest BCUT2D eigenvalue weighted by atomic mass is 10.4. The molecule has 2 rings (SSSR count). The van der Waals surface area contributed by atoms with Crippen molar-refractivity contribution in [1.29, 1.82) is 0 Å². The van der Waals surface area contributed by atoms with Gasteiger partial charge in [0.1, 0.15) is 11.0 Å². The molecule has 1 N–H and O–H groups in total. The van der Waals surface area contributed by atoms with E-state index >= 15 is 0 Å². The van der Waals surface area contributed by atoms with Crippen LogP contribution in [0.3, 0.4) is 0 Å². The Kier molecular flexibility index (Phi) is 2.79. The molecule has 0 saturated heterocycles. The Morgan fingerprint density at radius 1 is 1.53 bits per heavy atom. The first-order valence-corrected chi connectivity index (χ1v) is 5.01. The minimum atomic E-state index is 0.0329. The zero-order valence-corrected chi connectivity index (χ0v) is 9.15. The highest BCUT2D eigenvalue weighted by Gasteiger charge is 2.06. The van der Waals surface area contributed by atoms with Gasteiger partial charge in [-0.2, -0.15) is 0 Å². The summed E-state index contributed by atoms with van der Waals surface area (Å²) in [4.78, 5) is 4.19. The van der Waals surface area contributed by atoms with Crippen molar-refractivity contribution in [2.75, 3.05) is 0 Å². The lowest BCUT2D eigenvalue weighted by Crippen LogP contribution is -2.08. The molecule has 0 radical (unpaired) electrons. The van der Waals surface area contributed by atoms with Crippen molar-refractivity contribution in [2.24, 2.45) is 7.05 Å². The largest absolute Gasteiger partial charge is 0.390 e. The minimum absolute atomic E-state index is 0.0329. The monoisotopic (exact) mass is 225 g/mol.